The largest absolute Gasteiger partial charge is 0.0654 e. The first-order valence-corrected chi connectivity index (χ1v) is 16.3. The van der Waals surface area contributed by atoms with E-state index in [0.717, 1.165) is 5.92 Å². The van der Waals surface area contributed by atoms with Crippen molar-refractivity contribution in [3.63, 3.8) is 0 Å². The van der Waals surface area contributed by atoms with E-state index in [-0.39, 0.29) is 0 Å². The molecular formula is C33H68. The molecule has 0 atom stereocenters. The van der Waals surface area contributed by atoms with Crippen LogP contribution in [-0.4, -0.2) is 0 Å². The summed E-state index contributed by atoms with van der Waals surface area (Å²) in [4.78, 5) is 0. The van der Waals surface area contributed by atoms with Crippen LogP contribution >= 0.6 is 0 Å². The molecule has 0 nitrogen and oxygen atoms in total. The summed E-state index contributed by atoms with van der Waals surface area (Å²) in [6, 6.07) is 0. The predicted octanol–water partition coefficient (Wildman–Crippen LogP) is 13.0. The third-order valence-corrected chi connectivity index (χ3v) is 7.90. The summed E-state index contributed by atoms with van der Waals surface area (Å²) >= 11 is 0. The molecule has 0 heteroatoms. The molecule has 0 aromatic heterocycles. The van der Waals surface area contributed by atoms with Crippen LogP contribution in [0.25, 0.3) is 0 Å². The van der Waals surface area contributed by atoms with E-state index < -0.39 is 0 Å². The molecule has 0 aliphatic rings. The van der Waals surface area contributed by atoms with Crippen molar-refractivity contribution >= 4 is 0 Å². The van der Waals surface area contributed by atoms with Gasteiger partial charge in [-0.05, 0) is 5.92 Å². The highest BCUT2D eigenvalue weighted by Crippen LogP contribution is 2.25. The lowest BCUT2D eigenvalue weighted by atomic mass is 9.89. The highest BCUT2D eigenvalue weighted by Gasteiger charge is 2.09. The second-order valence-corrected chi connectivity index (χ2v) is 11.4. The summed E-state index contributed by atoms with van der Waals surface area (Å²) in [5, 5.41) is 0. The molecule has 200 valence electrons. The van der Waals surface area contributed by atoms with Gasteiger partial charge in [-0.25, -0.2) is 0 Å². The van der Waals surface area contributed by atoms with Crippen molar-refractivity contribution in [1.29, 1.82) is 0 Å². The van der Waals surface area contributed by atoms with Crippen LogP contribution in [-0.2, 0) is 0 Å². The molecule has 0 saturated carbocycles. The van der Waals surface area contributed by atoms with E-state index in [2.05, 4.69) is 20.8 Å². The fourth-order valence-corrected chi connectivity index (χ4v) is 5.49. The van der Waals surface area contributed by atoms with Gasteiger partial charge in [-0.15, -0.1) is 0 Å². The molecule has 33 heavy (non-hydrogen) atoms. The minimum absolute atomic E-state index is 1.04. The first-order valence-electron chi connectivity index (χ1n) is 16.3. The van der Waals surface area contributed by atoms with E-state index in [1.165, 1.54) is 186 Å². The Labute approximate surface area is 212 Å². The lowest BCUT2D eigenvalue weighted by Crippen LogP contribution is -2.01. The Hall–Kier alpha value is 0. The van der Waals surface area contributed by atoms with Gasteiger partial charge in [0, 0.05) is 0 Å². The Morgan fingerprint density at radius 3 is 0.636 bits per heavy atom. The molecule has 0 amide bonds. The second kappa shape index (κ2) is 30.0. The molecule has 0 aromatic carbocycles. The van der Waals surface area contributed by atoms with Crippen LogP contribution in [0.5, 0.6) is 0 Å². The SMILES string of the molecule is CCCCCCCCCCCC(CCCCCCCCCC)CCCCCCCCCCC. The van der Waals surface area contributed by atoms with E-state index in [9.17, 15) is 0 Å². The van der Waals surface area contributed by atoms with E-state index in [0.29, 0.717) is 0 Å². The van der Waals surface area contributed by atoms with Crippen molar-refractivity contribution in [2.75, 3.05) is 0 Å². The Morgan fingerprint density at radius 1 is 0.242 bits per heavy atom. The first-order chi connectivity index (χ1) is 16.3. The monoisotopic (exact) mass is 465 g/mol. The van der Waals surface area contributed by atoms with Crippen molar-refractivity contribution < 1.29 is 0 Å². The van der Waals surface area contributed by atoms with Gasteiger partial charge < -0.3 is 0 Å². The molecule has 0 aliphatic carbocycles. The molecule has 0 bridgehead atoms. The second-order valence-electron chi connectivity index (χ2n) is 11.4. The van der Waals surface area contributed by atoms with E-state index >= 15 is 0 Å². The van der Waals surface area contributed by atoms with Crippen LogP contribution in [0.1, 0.15) is 207 Å². The Kier molecular flexibility index (Phi) is 30.0. The van der Waals surface area contributed by atoms with Crippen LogP contribution in [0, 0.1) is 5.92 Å². The van der Waals surface area contributed by atoms with Crippen molar-refractivity contribution in [2.24, 2.45) is 5.92 Å². The van der Waals surface area contributed by atoms with Crippen LogP contribution in [0.4, 0.5) is 0 Å². The maximum Gasteiger partial charge on any atom is -0.0414 e. The van der Waals surface area contributed by atoms with Crippen LogP contribution in [0.15, 0.2) is 0 Å². The fourth-order valence-electron chi connectivity index (χ4n) is 5.49. The van der Waals surface area contributed by atoms with E-state index in [1.54, 1.807) is 0 Å². The number of hydrogen-bond donors (Lipinski definition) is 0. The highest BCUT2D eigenvalue weighted by atomic mass is 14.1. The molecule has 0 rings (SSSR count). The third kappa shape index (κ3) is 28.1. The topological polar surface area (TPSA) is 0 Å². The Balaban J connectivity index is 3.84. The van der Waals surface area contributed by atoms with Gasteiger partial charge in [-0.3, -0.25) is 0 Å². The quantitative estimate of drug-likeness (QED) is 0.0965. The molecular weight excluding hydrogens is 396 g/mol. The predicted molar refractivity (Wildman–Crippen MR) is 154 cm³/mol. The fraction of sp³-hybridized carbons (Fsp3) is 1.00. The third-order valence-electron chi connectivity index (χ3n) is 7.90. The maximum absolute atomic E-state index is 2.32. The zero-order valence-corrected chi connectivity index (χ0v) is 24.1. The van der Waals surface area contributed by atoms with Gasteiger partial charge in [0.1, 0.15) is 0 Å². The molecule has 0 aliphatic heterocycles. The minimum Gasteiger partial charge on any atom is -0.0654 e. The lowest BCUT2D eigenvalue weighted by molar-refractivity contribution is 0.365. The Bertz CT molecular complexity index is 298. The van der Waals surface area contributed by atoms with Crippen LogP contribution in [0.3, 0.4) is 0 Å². The van der Waals surface area contributed by atoms with Gasteiger partial charge in [0.2, 0.25) is 0 Å². The zero-order valence-electron chi connectivity index (χ0n) is 24.1. The molecule has 0 spiro atoms. The average Bonchev–Trinajstić information content (AvgIpc) is 2.83. The summed E-state index contributed by atoms with van der Waals surface area (Å²) in [7, 11) is 0. The maximum atomic E-state index is 2.32. The normalized spacial score (nSPS) is 11.6. The van der Waals surface area contributed by atoms with Crippen molar-refractivity contribution in [3.05, 3.63) is 0 Å². The minimum atomic E-state index is 1.04. The van der Waals surface area contributed by atoms with Gasteiger partial charge in [-0.1, -0.05) is 207 Å². The molecule has 0 saturated heterocycles. The standard InChI is InChI=1S/C33H68/c1-4-7-10-13-16-19-22-25-28-31-33(30-27-24-21-18-15-12-9-6-3)32-29-26-23-20-17-14-11-8-5-2/h33H,4-32H2,1-3H3. The number of unbranched alkanes of at least 4 members (excludes halogenated alkanes) is 23. The molecule has 0 heterocycles. The van der Waals surface area contributed by atoms with E-state index in [4.69, 9.17) is 0 Å². The van der Waals surface area contributed by atoms with E-state index in [1.807, 2.05) is 0 Å². The zero-order chi connectivity index (χ0) is 24.1. The first kappa shape index (κ1) is 33.0. The lowest BCUT2D eigenvalue weighted by Gasteiger charge is -2.17. The molecule has 0 aromatic rings. The van der Waals surface area contributed by atoms with Gasteiger partial charge in [-0.2, -0.15) is 0 Å². The smallest absolute Gasteiger partial charge is 0.0414 e. The average molecular weight is 465 g/mol. The van der Waals surface area contributed by atoms with Crippen molar-refractivity contribution in [3.8, 4) is 0 Å². The molecule has 0 N–H and O–H groups in total. The summed E-state index contributed by atoms with van der Waals surface area (Å²) in [5.74, 6) is 1.04. The summed E-state index contributed by atoms with van der Waals surface area (Å²) < 4.78 is 0. The van der Waals surface area contributed by atoms with Crippen molar-refractivity contribution in [2.45, 2.75) is 207 Å². The van der Waals surface area contributed by atoms with Crippen molar-refractivity contribution in [1.82, 2.24) is 0 Å². The summed E-state index contributed by atoms with van der Waals surface area (Å²) in [5.41, 5.74) is 0. The van der Waals surface area contributed by atoms with Gasteiger partial charge in [0.15, 0.2) is 0 Å². The summed E-state index contributed by atoms with van der Waals surface area (Å²) in [6.45, 7) is 6.96. The summed E-state index contributed by atoms with van der Waals surface area (Å²) in [6.07, 6.45) is 42.8. The van der Waals surface area contributed by atoms with Crippen LogP contribution < -0.4 is 0 Å². The number of hydrogen-bond acceptors (Lipinski definition) is 0. The Morgan fingerprint density at radius 2 is 0.424 bits per heavy atom. The molecule has 0 fully saturated rings. The number of rotatable bonds is 29. The highest BCUT2D eigenvalue weighted by molar-refractivity contribution is 4.62. The van der Waals surface area contributed by atoms with Gasteiger partial charge in [0.05, 0.1) is 0 Å². The van der Waals surface area contributed by atoms with Gasteiger partial charge in [0.25, 0.3) is 0 Å². The molecule has 0 unspecified atom stereocenters. The molecule has 0 radical (unpaired) electrons. The van der Waals surface area contributed by atoms with Crippen LogP contribution in [0.2, 0.25) is 0 Å². The van der Waals surface area contributed by atoms with Gasteiger partial charge >= 0.3 is 0 Å².